The second-order valence-electron chi connectivity index (χ2n) is 5.55. The van der Waals surface area contributed by atoms with E-state index in [9.17, 15) is 14.5 Å². The largest absolute Gasteiger partial charge is 0.475 e. The quantitative estimate of drug-likeness (QED) is 0.430. The van der Waals surface area contributed by atoms with E-state index >= 15 is 0 Å². The number of hydrogen-bond acceptors (Lipinski definition) is 8. The predicted molar refractivity (Wildman–Crippen MR) is 98.4 cm³/mol. The Balaban J connectivity index is 2.69. The molecular formula is C16H26NO6PS. The predicted octanol–water partition coefficient (Wildman–Crippen LogP) is 2.55. The first kappa shape index (κ1) is 22.3. The summed E-state index contributed by atoms with van der Waals surface area (Å²) in [5, 5.41) is 9.38. The van der Waals surface area contributed by atoms with Crippen LogP contribution in [-0.4, -0.2) is 60.8 Å². The second-order valence-corrected chi connectivity index (χ2v) is 8.45. The van der Waals surface area contributed by atoms with Gasteiger partial charge in [-0.05, 0) is 19.7 Å². The lowest BCUT2D eigenvalue weighted by molar-refractivity contribution is -0.109. The van der Waals surface area contributed by atoms with Gasteiger partial charge in [0.15, 0.2) is 5.12 Å². The van der Waals surface area contributed by atoms with Gasteiger partial charge in [-0.2, -0.15) is 0 Å². The van der Waals surface area contributed by atoms with Crippen molar-refractivity contribution in [1.29, 1.82) is 0 Å². The van der Waals surface area contributed by atoms with Crippen LogP contribution in [0.4, 0.5) is 0 Å². The van der Waals surface area contributed by atoms with Crippen LogP contribution >= 0.6 is 19.6 Å². The van der Waals surface area contributed by atoms with Crippen LogP contribution < -0.4 is 0 Å². The van der Waals surface area contributed by atoms with Crippen molar-refractivity contribution in [3.05, 3.63) is 35.9 Å². The normalized spacial score (nSPS) is 15.1. The van der Waals surface area contributed by atoms with Crippen LogP contribution in [0.2, 0.25) is 0 Å². The van der Waals surface area contributed by atoms with Crippen LogP contribution in [0.5, 0.6) is 0 Å². The molecule has 1 aromatic rings. The van der Waals surface area contributed by atoms with E-state index in [4.69, 9.17) is 13.6 Å². The molecule has 142 valence electrons. The van der Waals surface area contributed by atoms with Crippen LogP contribution in [0.25, 0.3) is 0 Å². The van der Waals surface area contributed by atoms with Crippen LogP contribution in [0, 0.1) is 0 Å². The molecule has 0 aliphatic rings. The average Bonchev–Trinajstić information content (AvgIpc) is 2.57. The van der Waals surface area contributed by atoms with E-state index in [0.717, 1.165) is 17.3 Å². The number of aliphatic hydroxyl groups is 1. The maximum Gasteiger partial charge on any atom is 0.475 e. The Labute approximate surface area is 153 Å². The SMILES string of the molecule is CC(=O)SCCOP(=O)(OCc1ccccc1)OC(CO)CN(C)C. The lowest BCUT2D eigenvalue weighted by Gasteiger charge is -2.24. The molecule has 0 aliphatic carbocycles. The maximum atomic E-state index is 12.9. The summed E-state index contributed by atoms with van der Waals surface area (Å²) in [7, 11) is -0.262. The Morgan fingerprint density at radius 2 is 1.96 bits per heavy atom. The lowest BCUT2D eigenvalue weighted by atomic mass is 10.2. The molecule has 0 fully saturated rings. The number of phosphoric ester groups is 1. The summed E-state index contributed by atoms with van der Waals surface area (Å²) in [6, 6.07) is 9.22. The van der Waals surface area contributed by atoms with Gasteiger partial charge in [0, 0.05) is 19.2 Å². The smallest absolute Gasteiger partial charge is 0.394 e. The lowest BCUT2D eigenvalue weighted by Crippen LogP contribution is -2.31. The Bertz CT molecular complexity index is 557. The summed E-state index contributed by atoms with van der Waals surface area (Å²) in [6.45, 7) is 1.59. The number of hydrogen-bond donors (Lipinski definition) is 1. The van der Waals surface area contributed by atoms with E-state index in [2.05, 4.69) is 0 Å². The van der Waals surface area contributed by atoms with Crippen molar-refractivity contribution in [1.82, 2.24) is 4.90 Å². The molecule has 7 nitrogen and oxygen atoms in total. The van der Waals surface area contributed by atoms with Gasteiger partial charge < -0.3 is 10.0 Å². The van der Waals surface area contributed by atoms with Gasteiger partial charge in [0.25, 0.3) is 0 Å². The number of likely N-dealkylation sites (N-methyl/N-ethyl adjacent to an activating group) is 1. The molecule has 0 amide bonds. The van der Waals surface area contributed by atoms with E-state index in [0.29, 0.717) is 12.3 Å². The number of carbonyl (C=O) groups excluding carboxylic acids is 1. The molecule has 9 heteroatoms. The third-order valence-corrected chi connectivity index (χ3v) is 5.20. The fourth-order valence-corrected chi connectivity index (χ4v) is 3.77. The number of nitrogens with zero attached hydrogens (tertiary/aromatic N) is 1. The van der Waals surface area contributed by atoms with Crippen molar-refractivity contribution in [3.8, 4) is 0 Å². The number of benzene rings is 1. The van der Waals surface area contributed by atoms with E-state index < -0.39 is 13.9 Å². The Morgan fingerprint density at radius 3 is 2.52 bits per heavy atom. The summed E-state index contributed by atoms with van der Waals surface area (Å²) in [5.74, 6) is 0.342. The van der Waals surface area contributed by atoms with Crippen LogP contribution in [0.3, 0.4) is 0 Å². The van der Waals surface area contributed by atoms with Crippen molar-refractivity contribution in [3.63, 3.8) is 0 Å². The molecular weight excluding hydrogens is 365 g/mol. The zero-order valence-electron chi connectivity index (χ0n) is 14.8. The topological polar surface area (TPSA) is 85.3 Å². The van der Waals surface area contributed by atoms with Crippen LogP contribution in [0.15, 0.2) is 30.3 Å². The molecule has 1 aromatic carbocycles. The molecule has 2 unspecified atom stereocenters. The fraction of sp³-hybridized carbons (Fsp3) is 0.562. The third kappa shape index (κ3) is 10.1. The highest BCUT2D eigenvalue weighted by Gasteiger charge is 2.31. The Kier molecular flexibility index (Phi) is 10.5. The van der Waals surface area contributed by atoms with E-state index in [1.165, 1.54) is 6.92 Å². The minimum Gasteiger partial charge on any atom is -0.394 e. The highest BCUT2D eigenvalue weighted by Crippen LogP contribution is 2.51. The number of rotatable bonds is 12. The van der Waals surface area contributed by atoms with Crippen molar-refractivity contribution in [2.75, 3.05) is 39.6 Å². The number of carbonyl (C=O) groups is 1. The fourth-order valence-electron chi connectivity index (χ4n) is 1.87. The van der Waals surface area contributed by atoms with E-state index in [1.807, 2.05) is 44.4 Å². The minimum absolute atomic E-state index is 0.0381. The Hall–Kier alpha value is -0.730. The standard InChI is InChI=1S/C16H26NO6PS/c1-14(19)25-10-9-21-24(20,23-16(12-18)11-17(2)3)22-13-15-7-5-4-6-8-15/h4-8,16,18H,9-13H2,1-3H3. The van der Waals surface area contributed by atoms with Gasteiger partial charge in [-0.15, -0.1) is 0 Å². The number of phosphoric acid groups is 1. The molecule has 0 aromatic heterocycles. The first-order valence-corrected chi connectivity index (χ1v) is 10.3. The first-order chi connectivity index (χ1) is 11.8. The summed E-state index contributed by atoms with van der Waals surface area (Å²) >= 11 is 1.07. The van der Waals surface area contributed by atoms with Gasteiger partial charge in [-0.25, -0.2) is 4.57 Å². The monoisotopic (exact) mass is 391 g/mol. The molecule has 0 radical (unpaired) electrons. The maximum absolute atomic E-state index is 12.9. The summed E-state index contributed by atoms with van der Waals surface area (Å²) in [6.07, 6.45) is -0.711. The zero-order chi connectivity index (χ0) is 18.7. The first-order valence-electron chi connectivity index (χ1n) is 7.85. The van der Waals surface area contributed by atoms with Gasteiger partial charge >= 0.3 is 7.82 Å². The molecule has 2 atom stereocenters. The molecule has 25 heavy (non-hydrogen) atoms. The molecule has 0 saturated carbocycles. The number of aliphatic hydroxyl groups excluding tert-OH is 1. The van der Waals surface area contributed by atoms with Gasteiger partial charge in [0.05, 0.1) is 19.8 Å². The van der Waals surface area contributed by atoms with Gasteiger partial charge in [-0.1, -0.05) is 42.1 Å². The molecule has 0 heterocycles. The summed E-state index contributed by atoms with van der Waals surface area (Å²) in [4.78, 5) is 12.8. The third-order valence-electron chi connectivity index (χ3n) is 2.92. The van der Waals surface area contributed by atoms with Crippen LogP contribution in [0.1, 0.15) is 12.5 Å². The summed E-state index contributed by atoms with van der Waals surface area (Å²) < 4.78 is 29.1. The van der Waals surface area contributed by atoms with Crippen molar-refractivity contribution in [2.24, 2.45) is 0 Å². The van der Waals surface area contributed by atoms with E-state index in [1.54, 1.807) is 4.90 Å². The van der Waals surface area contributed by atoms with Crippen LogP contribution in [-0.2, 0) is 29.5 Å². The minimum atomic E-state index is -3.88. The zero-order valence-corrected chi connectivity index (χ0v) is 16.5. The molecule has 0 bridgehead atoms. The number of thioether (sulfide) groups is 1. The van der Waals surface area contributed by atoms with Crippen molar-refractivity contribution >= 4 is 24.7 Å². The molecule has 0 aliphatic heterocycles. The van der Waals surface area contributed by atoms with Crippen molar-refractivity contribution < 1.29 is 28.0 Å². The Morgan fingerprint density at radius 1 is 1.28 bits per heavy atom. The van der Waals surface area contributed by atoms with Gasteiger partial charge in [0.1, 0.15) is 6.10 Å². The highest BCUT2D eigenvalue weighted by molar-refractivity contribution is 8.13. The highest BCUT2D eigenvalue weighted by atomic mass is 32.2. The second kappa shape index (κ2) is 11.8. The van der Waals surface area contributed by atoms with Crippen molar-refractivity contribution in [2.45, 2.75) is 19.6 Å². The molecule has 1 rings (SSSR count). The van der Waals surface area contributed by atoms with Gasteiger partial charge in [-0.3, -0.25) is 18.4 Å². The van der Waals surface area contributed by atoms with E-state index in [-0.39, 0.29) is 24.9 Å². The summed E-state index contributed by atoms with van der Waals surface area (Å²) in [5.41, 5.74) is 0.821. The molecule has 0 saturated heterocycles. The molecule has 0 spiro atoms. The van der Waals surface area contributed by atoms with Gasteiger partial charge in [0.2, 0.25) is 0 Å². The molecule has 1 N–H and O–H groups in total. The average molecular weight is 391 g/mol.